The Morgan fingerprint density at radius 1 is 1.37 bits per heavy atom. The topological polar surface area (TPSA) is 48.3 Å². The minimum atomic E-state index is -0.587. The molecule has 0 aliphatic rings. The van der Waals surface area contributed by atoms with Crippen LogP contribution in [0.4, 0.5) is 4.79 Å². The molecule has 1 aromatic heterocycles. The second-order valence-corrected chi connectivity index (χ2v) is 6.04. The fourth-order valence-electron chi connectivity index (χ4n) is 1.82. The van der Waals surface area contributed by atoms with Crippen molar-refractivity contribution in [2.45, 2.75) is 26.4 Å². The van der Waals surface area contributed by atoms with E-state index in [1.165, 1.54) is 10.8 Å². The van der Waals surface area contributed by atoms with E-state index in [2.05, 4.69) is 15.9 Å². The van der Waals surface area contributed by atoms with E-state index in [1.807, 2.05) is 12.1 Å². The zero-order valence-electron chi connectivity index (χ0n) is 10.9. The number of aromatic nitrogens is 1. The predicted octanol–water partition coefficient (Wildman–Crippen LogP) is 4.00. The Hall–Kier alpha value is -1.62. The molecule has 0 fully saturated rings. The molecule has 0 bridgehead atoms. The molecule has 0 aliphatic heterocycles. The van der Waals surface area contributed by atoms with Crippen molar-refractivity contribution in [1.29, 1.82) is 0 Å². The van der Waals surface area contributed by atoms with Crippen molar-refractivity contribution >= 4 is 39.2 Å². The molecular weight excluding hydrogens is 310 g/mol. The summed E-state index contributed by atoms with van der Waals surface area (Å²) in [6.07, 6.45) is 1.73. The van der Waals surface area contributed by atoms with Crippen LogP contribution in [0.1, 0.15) is 31.1 Å². The third-order valence-corrected chi connectivity index (χ3v) is 3.16. The second-order valence-electron chi connectivity index (χ2n) is 5.19. The first-order chi connectivity index (χ1) is 8.83. The molecule has 2 rings (SSSR count). The van der Waals surface area contributed by atoms with E-state index in [-0.39, 0.29) is 0 Å². The van der Waals surface area contributed by atoms with Gasteiger partial charge in [-0.25, -0.2) is 4.79 Å². The number of hydrogen-bond donors (Lipinski definition) is 0. The van der Waals surface area contributed by atoms with E-state index in [4.69, 9.17) is 4.74 Å². The molecule has 1 aromatic carbocycles. The van der Waals surface area contributed by atoms with Crippen molar-refractivity contribution in [3.63, 3.8) is 0 Å². The lowest BCUT2D eigenvalue weighted by Gasteiger charge is -2.19. The van der Waals surface area contributed by atoms with Gasteiger partial charge in [-0.1, -0.05) is 12.1 Å². The number of hydrogen-bond acceptors (Lipinski definition) is 3. The number of carbonyl (C=O) groups excluding carboxylic acids is 2. The highest BCUT2D eigenvalue weighted by atomic mass is 79.9. The van der Waals surface area contributed by atoms with Crippen LogP contribution in [0, 0.1) is 0 Å². The maximum absolute atomic E-state index is 12.2. The number of ether oxygens (including phenoxy) is 1. The molecule has 2 aromatic rings. The summed E-state index contributed by atoms with van der Waals surface area (Å²) in [6, 6.07) is 5.43. The van der Waals surface area contributed by atoms with Gasteiger partial charge in [-0.2, -0.15) is 0 Å². The van der Waals surface area contributed by atoms with Gasteiger partial charge in [0.2, 0.25) is 0 Å². The smallest absolute Gasteiger partial charge is 0.419 e. The molecule has 0 atom stereocenters. The monoisotopic (exact) mass is 323 g/mol. The molecule has 0 saturated heterocycles. The number of halogens is 1. The van der Waals surface area contributed by atoms with E-state index in [1.54, 1.807) is 26.8 Å². The second kappa shape index (κ2) is 4.81. The molecule has 4 nitrogen and oxygen atoms in total. The zero-order chi connectivity index (χ0) is 14.2. The van der Waals surface area contributed by atoms with Crippen molar-refractivity contribution in [1.82, 2.24) is 4.57 Å². The molecule has 19 heavy (non-hydrogen) atoms. The first kappa shape index (κ1) is 13.8. The van der Waals surface area contributed by atoms with Gasteiger partial charge in [-0.05, 0) is 42.8 Å². The van der Waals surface area contributed by atoms with E-state index < -0.39 is 11.7 Å². The lowest BCUT2D eigenvalue weighted by molar-refractivity contribution is 0.0544. The summed E-state index contributed by atoms with van der Waals surface area (Å²) >= 11 is 3.39. The zero-order valence-corrected chi connectivity index (χ0v) is 12.5. The van der Waals surface area contributed by atoms with Crippen LogP contribution in [0.3, 0.4) is 0 Å². The highest BCUT2D eigenvalue weighted by Crippen LogP contribution is 2.28. The summed E-state index contributed by atoms with van der Waals surface area (Å²) in [7, 11) is 0. The Labute approximate surface area is 119 Å². The molecule has 0 N–H and O–H groups in total. The molecule has 0 spiro atoms. The van der Waals surface area contributed by atoms with E-state index in [9.17, 15) is 9.59 Å². The van der Waals surface area contributed by atoms with Crippen LogP contribution in [0.5, 0.6) is 0 Å². The highest BCUT2D eigenvalue weighted by molar-refractivity contribution is 9.10. The molecule has 0 saturated carbocycles. The van der Waals surface area contributed by atoms with E-state index >= 15 is 0 Å². The number of benzene rings is 1. The summed E-state index contributed by atoms with van der Waals surface area (Å²) in [5.74, 6) is 0. The molecule has 1 heterocycles. The molecule has 100 valence electrons. The maximum Gasteiger partial charge on any atom is 0.419 e. The van der Waals surface area contributed by atoms with E-state index in [0.29, 0.717) is 11.1 Å². The Morgan fingerprint density at radius 3 is 2.63 bits per heavy atom. The van der Waals surface area contributed by atoms with Crippen molar-refractivity contribution in [3.05, 3.63) is 34.4 Å². The van der Waals surface area contributed by atoms with Crippen molar-refractivity contribution < 1.29 is 14.3 Å². The van der Waals surface area contributed by atoms with Gasteiger partial charge in [-0.15, -0.1) is 0 Å². The van der Waals surface area contributed by atoms with Crippen LogP contribution in [0.2, 0.25) is 0 Å². The van der Waals surface area contributed by atoms with Gasteiger partial charge >= 0.3 is 6.09 Å². The van der Waals surface area contributed by atoms with Gasteiger partial charge in [0.15, 0.2) is 6.29 Å². The molecule has 5 heteroatoms. The third kappa shape index (κ3) is 2.71. The SMILES string of the molecule is CC(C)(C)OC(=O)n1cc(C=O)c2cccc(Br)c21. The summed E-state index contributed by atoms with van der Waals surface area (Å²) in [5, 5.41) is 0.718. The number of nitrogens with zero attached hydrogens (tertiary/aromatic N) is 1. The van der Waals surface area contributed by atoms with Gasteiger partial charge < -0.3 is 4.74 Å². The quantitative estimate of drug-likeness (QED) is 0.745. The van der Waals surface area contributed by atoms with Gasteiger partial charge in [0.25, 0.3) is 0 Å². The van der Waals surface area contributed by atoms with Gasteiger partial charge in [0.05, 0.1) is 5.52 Å². The molecular formula is C14H14BrNO3. The average molecular weight is 324 g/mol. The molecule has 0 radical (unpaired) electrons. The van der Waals surface area contributed by atoms with Crippen molar-refractivity contribution in [2.24, 2.45) is 0 Å². The minimum absolute atomic E-state index is 0.460. The van der Waals surface area contributed by atoms with Crippen LogP contribution in [0.15, 0.2) is 28.9 Å². The van der Waals surface area contributed by atoms with Crippen LogP contribution in [-0.2, 0) is 4.74 Å². The lowest BCUT2D eigenvalue weighted by atomic mass is 10.2. The normalized spacial score (nSPS) is 11.6. The Kier molecular flexibility index (Phi) is 3.49. The van der Waals surface area contributed by atoms with Crippen LogP contribution >= 0.6 is 15.9 Å². The van der Waals surface area contributed by atoms with E-state index in [0.717, 1.165) is 16.1 Å². The first-order valence-electron chi connectivity index (χ1n) is 5.81. The fraction of sp³-hybridized carbons (Fsp3) is 0.286. The predicted molar refractivity (Wildman–Crippen MR) is 76.7 cm³/mol. The number of carbonyl (C=O) groups is 2. The van der Waals surface area contributed by atoms with Crippen molar-refractivity contribution in [3.8, 4) is 0 Å². The van der Waals surface area contributed by atoms with Crippen LogP contribution in [0.25, 0.3) is 10.9 Å². The average Bonchev–Trinajstić information content (AvgIpc) is 2.67. The van der Waals surface area contributed by atoms with Crippen LogP contribution in [-0.4, -0.2) is 22.5 Å². The third-order valence-electron chi connectivity index (χ3n) is 2.52. The Morgan fingerprint density at radius 2 is 2.05 bits per heavy atom. The summed E-state index contributed by atoms with van der Waals surface area (Å²) in [5.41, 5.74) is 0.511. The number of para-hydroxylation sites is 1. The Bertz CT molecular complexity index is 652. The van der Waals surface area contributed by atoms with Gasteiger partial charge in [0, 0.05) is 21.6 Å². The van der Waals surface area contributed by atoms with Gasteiger partial charge in [0.1, 0.15) is 5.60 Å². The highest BCUT2D eigenvalue weighted by Gasteiger charge is 2.21. The summed E-state index contributed by atoms with van der Waals surface area (Å²) in [6.45, 7) is 5.39. The van der Waals surface area contributed by atoms with Crippen LogP contribution < -0.4 is 0 Å². The summed E-state index contributed by atoms with van der Waals surface area (Å²) < 4.78 is 7.43. The van der Waals surface area contributed by atoms with Gasteiger partial charge in [-0.3, -0.25) is 9.36 Å². The Balaban J connectivity index is 2.61. The van der Waals surface area contributed by atoms with Crippen molar-refractivity contribution in [2.75, 3.05) is 0 Å². The largest absolute Gasteiger partial charge is 0.443 e. The molecule has 0 unspecified atom stereocenters. The fourth-order valence-corrected chi connectivity index (χ4v) is 2.37. The molecule has 0 amide bonds. The maximum atomic E-state index is 12.2. The number of rotatable bonds is 1. The number of aldehydes is 1. The lowest BCUT2D eigenvalue weighted by Crippen LogP contribution is -2.26. The first-order valence-corrected chi connectivity index (χ1v) is 6.61. The summed E-state index contributed by atoms with van der Waals surface area (Å²) in [4.78, 5) is 23.2. The molecule has 0 aliphatic carbocycles. The standard InChI is InChI=1S/C14H14BrNO3/c1-14(2,3)19-13(18)16-7-9(8-17)10-5-4-6-11(15)12(10)16/h4-8H,1-3H3. The number of fused-ring (bicyclic) bond motifs is 1. The minimum Gasteiger partial charge on any atom is -0.443 e.